The van der Waals surface area contributed by atoms with Gasteiger partial charge < -0.3 is 26.6 Å². The molecule has 10 heteroatoms. The zero-order valence-corrected chi connectivity index (χ0v) is 29.0. The van der Waals surface area contributed by atoms with Gasteiger partial charge in [-0.15, -0.1) is 0 Å². The molecule has 2 aromatic carbocycles. The van der Waals surface area contributed by atoms with E-state index >= 15 is 0 Å². The fourth-order valence-corrected chi connectivity index (χ4v) is 12.4. The van der Waals surface area contributed by atoms with Crippen molar-refractivity contribution in [2.75, 3.05) is 39.6 Å². The van der Waals surface area contributed by atoms with Crippen LogP contribution in [-0.2, 0) is 39.4 Å². The van der Waals surface area contributed by atoms with E-state index in [9.17, 15) is 0 Å². The molecule has 40 heavy (non-hydrogen) atoms. The molecular weight excluding hydrogens is 577 g/mol. The zero-order valence-electron chi connectivity index (χ0n) is 25.4. The molecular formula is C30H50O6S2Si2. The van der Waals surface area contributed by atoms with Gasteiger partial charge >= 0.3 is 17.6 Å². The highest BCUT2D eigenvalue weighted by Crippen LogP contribution is 2.41. The van der Waals surface area contributed by atoms with Crippen molar-refractivity contribution in [3.8, 4) is 0 Å². The quantitative estimate of drug-likeness (QED) is 0.0900. The first-order valence-corrected chi connectivity index (χ1v) is 20.9. The van der Waals surface area contributed by atoms with Crippen molar-refractivity contribution in [1.82, 2.24) is 0 Å². The van der Waals surface area contributed by atoms with Crippen LogP contribution in [0.15, 0.2) is 58.3 Å². The molecule has 0 saturated heterocycles. The topological polar surface area (TPSA) is 55.4 Å². The SMILES string of the molecule is CCO[Si](CCCc1ccccc1SSc1ccccc1CCC[Si](OCC)(OCC)OCC)(OCC)OCC. The van der Waals surface area contributed by atoms with Crippen LogP contribution in [-0.4, -0.2) is 57.3 Å². The molecule has 0 fully saturated rings. The van der Waals surface area contributed by atoms with Crippen LogP contribution in [0.5, 0.6) is 0 Å². The van der Waals surface area contributed by atoms with Crippen LogP contribution in [0.3, 0.4) is 0 Å². The Balaban J connectivity index is 2.02. The summed E-state index contributed by atoms with van der Waals surface area (Å²) in [4.78, 5) is 2.60. The summed E-state index contributed by atoms with van der Waals surface area (Å²) < 4.78 is 36.3. The minimum atomic E-state index is -2.62. The Labute approximate surface area is 253 Å². The number of rotatable bonds is 23. The maximum atomic E-state index is 6.05. The second-order valence-corrected chi connectivity index (χ2v) is 16.7. The lowest BCUT2D eigenvalue weighted by atomic mass is 10.1. The number of hydrogen-bond acceptors (Lipinski definition) is 8. The van der Waals surface area contributed by atoms with Gasteiger partial charge in [0.05, 0.1) is 0 Å². The van der Waals surface area contributed by atoms with Crippen molar-refractivity contribution in [3.05, 3.63) is 59.7 Å². The third-order valence-corrected chi connectivity index (χ3v) is 15.1. The Hall–Kier alpha value is -0.666. The predicted octanol–water partition coefficient (Wildman–Crippen LogP) is 8.45. The zero-order chi connectivity index (χ0) is 29.1. The van der Waals surface area contributed by atoms with E-state index in [1.807, 2.05) is 63.1 Å². The van der Waals surface area contributed by atoms with Crippen LogP contribution in [0.2, 0.25) is 12.1 Å². The summed E-state index contributed by atoms with van der Waals surface area (Å²) in [5.41, 5.74) is 2.71. The van der Waals surface area contributed by atoms with Crippen LogP contribution in [0.4, 0.5) is 0 Å². The van der Waals surface area contributed by atoms with Crippen molar-refractivity contribution in [2.24, 2.45) is 0 Å². The van der Waals surface area contributed by atoms with Gasteiger partial charge in [0.15, 0.2) is 0 Å². The van der Waals surface area contributed by atoms with Gasteiger partial charge in [-0.25, -0.2) is 0 Å². The average Bonchev–Trinajstić information content (AvgIpc) is 2.94. The standard InChI is InChI=1S/C30H50O6S2Si2/c1-7-31-39(32-8-2,33-9-3)25-17-21-27-19-13-15-23-29(27)37-38-30-24-16-14-20-28(30)22-18-26-40(34-10-4,35-11-5)36-12-6/h13-16,19-20,23-24H,7-12,17-18,21-22,25-26H2,1-6H3. The molecule has 0 aliphatic rings. The predicted molar refractivity (Wildman–Crippen MR) is 172 cm³/mol. The van der Waals surface area contributed by atoms with Gasteiger partial charge in [0.25, 0.3) is 0 Å². The largest absolute Gasteiger partial charge is 0.500 e. The van der Waals surface area contributed by atoms with Crippen molar-refractivity contribution in [1.29, 1.82) is 0 Å². The second kappa shape index (κ2) is 20.3. The van der Waals surface area contributed by atoms with E-state index in [0.29, 0.717) is 39.6 Å². The molecule has 0 unspecified atom stereocenters. The molecule has 6 nitrogen and oxygen atoms in total. The molecule has 0 radical (unpaired) electrons. The molecule has 2 aromatic rings. The highest BCUT2D eigenvalue weighted by molar-refractivity contribution is 8.76. The second-order valence-electron chi connectivity index (χ2n) is 9.05. The number of hydrogen-bond donors (Lipinski definition) is 0. The van der Waals surface area contributed by atoms with Crippen LogP contribution >= 0.6 is 21.6 Å². The third-order valence-electron chi connectivity index (χ3n) is 6.21. The lowest BCUT2D eigenvalue weighted by Crippen LogP contribution is -2.46. The third kappa shape index (κ3) is 11.9. The maximum absolute atomic E-state index is 6.05. The van der Waals surface area contributed by atoms with Crippen molar-refractivity contribution < 1.29 is 26.6 Å². The van der Waals surface area contributed by atoms with E-state index in [1.165, 1.54) is 20.9 Å². The molecule has 0 spiro atoms. The van der Waals surface area contributed by atoms with E-state index in [0.717, 1.165) is 37.8 Å². The molecule has 0 bridgehead atoms. The molecule has 0 atom stereocenters. The van der Waals surface area contributed by atoms with E-state index in [1.54, 1.807) is 0 Å². The van der Waals surface area contributed by atoms with Crippen LogP contribution < -0.4 is 0 Å². The highest BCUT2D eigenvalue weighted by Gasteiger charge is 2.40. The summed E-state index contributed by atoms with van der Waals surface area (Å²) in [7, 11) is -1.58. The molecule has 2 rings (SSSR count). The number of aryl methyl sites for hydroxylation is 2. The summed E-state index contributed by atoms with van der Waals surface area (Å²) >= 11 is 0. The van der Waals surface area contributed by atoms with Crippen LogP contribution in [0.25, 0.3) is 0 Å². The Morgan fingerprint density at radius 1 is 0.475 bits per heavy atom. The van der Waals surface area contributed by atoms with Gasteiger partial charge in [-0.2, -0.15) is 0 Å². The normalized spacial score (nSPS) is 12.2. The molecule has 0 saturated carbocycles. The molecule has 0 amide bonds. The molecule has 0 aliphatic heterocycles. The van der Waals surface area contributed by atoms with E-state index in [2.05, 4.69) is 48.5 Å². The highest BCUT2D eigenvalue weighted by atomic mass is 33.1. The number of benzene rings is 2. The van der Waals surface area contributed by atoms with Gasteiger partial charge in [0.2, 0.25) is 0 Å². The Morgan fingerprint density at radius 2 is 0.775 bits per heavy atom. The van der Waals surface area contributed by atoms with Gasteiger partial charge in [-0.3, -0.25) is 0 Å². The molecule has 0 heterocycles. The summed E-state index contributed by atoms with van der Waals surface area (Å²) in [5.74, 6) is 0. The Morgan fingerprint density at radius 3 is 1.07 bits per heavy atom. The monoisotopic (exact) mass is 626 g/mol. The minimum absolute atomic E-state index is 0.612. The Kier molecular flexibility index (Phi) is 18.0. The summed E-state index contributed by atoms with van der Waals surface area (Å²) in [5, 5.41) is 0. The lowest BCUT2D eigenvalue weighted by molar-refractivity contribution is 0.0700. The van der Waals surface area contributed by atoms with Crippen molar-refractivity contribution in [2.45, 2.75) is 89.1 Å². The van der Waals surface area contributed by atoms with Gasteiger partial charge in [0.1, 0.15) is 0 Å². The van der Waals surface area contributed by atoms with Crippen molar-refractivity contribution >= 4 is 39.2 Å². The first-order chi connectivity index (χ1) is 19.5. The average molecular weight is 627 g/mol. The van der Waals surface area contributed by atoms with E-state index in [4.69, 9.17) is 26.6 Å². The van der Waals surface area contributed by atoms with Gasteiger partial charge in [0, 0.05) is 61.5 Å². The first kappa shape index (κ1) is 35.5. The summed E-state index contributed by atoms with van der Waals surface area (Å²) in [6.07, 6.45) is 3.87. The minimum Gasteiger partial charge on any atom is -0.374 e. The van der Waals surface area contributed by atoms with Crippen LogP contribution in [0, 0.1) is 0 Å². The van der Waals surface area contributed by atoms with Gasteiger partial charge in [-0.1, -0.05) is 58.0 Å². The van der Waals surface area contributed by atoms with E-state index < -0.39 is 17.6 Å². The van der Waals surface area contributed by atoms with Gasteiger partial charge in [-0.05, 0) is 90.5 Å². The molecule has 0 aromatic heterocycles. The fourth-order valence-electron chi connectivity index (χ4n) is 4.67. The molecule has 0 N–H and O–H groups in total. The van der Waals surface area contributed by atoms with Crippen molar-refractivity contribution in [3.63, 3.8) is 0 Å². The maximum Gasteiger partial charge on any atom is 0.500 e. The lowest BCUT2D eigenvalue weighted by Gasteiger charge is -2.28. The molecule has 0 aliphatic carbocycles. The molecule has 226 valence electrons. The smallest absolute Gasteiger partial charge is 0.374 e. The fraction of sp³-hybridized carbons (Fsp3) is 0.600. The first-order valence-electron chi connectivity index (χ1n) is 14.8. The summed E-state index contributed by atoms with van der Waals surface area (Å²) in [6, 6.07) is 19.1. The van der Waals surface area contributed by atoms with Crippen LogP contribution in [0.1, 0.15) is 65.5 Å². The van der Waals surface area contributed by atoms with E-state index in [-0.39, 0.29) is 0 Å². The summed E-state index contributed by atoms with van der Waals surface area (Å²) in [6.45, 7) is 15.7. The Bertz CT molecular complexity index is 842.